The molecule has 1 heterocycles. The first-order valence-electron chi connectivity index (χ1n) is 8.84. The van der Waals surface area contributed by atoms with Gasteiger partial charge in [0.05, 0.1) is 14.2 Å². The highest BCUT2D eigenvalue weighted by Gasteiger charge is 2.27. The first-order chi connectivity index (χ1) is 11.9. The topological polar surface area (TPSA) is 67.9 Å². The number of hydrogen-bond donors (Lipinski definition) is 1. The molecule has 6 nitrogen and oxygen atoms in total. The van der Waals surface area contributed by atoms with Gasteiger partial charge in [-0.15, -0.1) is 0 Å². The van der Waals surface area contributed by atoms with Crippen LogP contribution in [0.5, 0.6) is 11.5 Å². The van der Waals surface area contributed by atoms with Gasteiger partial charge in [0.25, 0.3) is 0 Å². The Labute approximate surface area is 151 Å². The minimum absolute atomic E-state index is 0.136. The summed E-state index contributed by atoms with van der Waals surface area (Å²) >= 11 is 0. The van der Waals surface area contributed by atoms with Gasteiger partial charge >= 0.3 is 0 Å². The molecule has 1 atom stereocenters. The van der Waals surface area contributed by atoms with Gasteiger partial charge in [0.15, 0.2) is 0 Å². The van der Waals surface area contributed by atoms with Crippen molar-refractivity contribution in [1.29, 1.82) is 0 Å². The smallest absolute Gasteiger partial charge is 0.244 e. The summed E-state index contributed by atoms with van der Waals surface area (Å²) in [6.07, 6.45) is 3.63. The van der Waals surface area contributed by atoms with E-state index in [-0.39, 0.29) is 16.7 Å². The van der Waals surface area contributed by atoms with Gasteiger partial charge in [-0.25, -0.2) is 13.1 Å². The lowest BCUT2D eigenvalue weighted by Crippen LogP contribution is -2.48. The maximum atomic E-state index is 12.8. The van der Waals surface area contributed by atoms with Crippen molar-refractivity contribution in [2.24, 2.45) is 5.92 Å². The van der Waals surface area contributed by atoms with E-state index in [0.29, 0.717) is 18.2 Å². The van der Waals surface area contributed by atoms with Crippen molar-refractivity contribution >= 4 is 10.0 Å². The molecule has 0 amide bonds. The van der Waals surface area contributed by atoms with Crippen LogP contribution in [0.2, 0.25) is 0 Å². The monoisotopic (exact) mass is 370 g/mol. The lowest BCUT2D eigenvalue weighted by atomic mass is 9.99. The van der Waals surface area contributed by atoms with E-state index in [9.17, 15) is 8.42 Å². The van der Waals surface area contributed by atoms with Crippen molar-refractivity contribution in [1.82, 2.24) is 9.62 Å². The van der Waals surface area contributed by atoms with E-state index in [1.807, 2.05) is 0 Å². The van der Waals surface area contributed by atoms with E-state index >= 15 is 0 Å². The van der Waals surface area contributed by atoms with E-state index in [1.54, 1.807) is 12.1 Å². The number of methoxy groups -OCH3 is 2. The van der Waals surface area contributed by atoms with Crippen LogP contribution in [-0.2, 0) is 10.0 Å². The van der Waals surface area contributed by atoms with Crippen molar-refractivity contribution in [3.05, 3.63) is 18.2 Å². The summed E-state index contributed by atoms with van der Waals surface area (Å²) < 4.78 is 38.7. The molecule has 1 aromatic carbocycles. The number of nitrogens with one attached hydrogen (secondary N) is 1. The molecule has 0 spiro atoms. The number of benzene rings is 1. The molecule has 0 aliphatic carbocycles. The fraction of sp³-hybridized carbons (Fsp3) is 0.667. The molecule has 1 fully saturated rings. The first kappa shape index (κ1) is 20.0. The molecule has 0 bridgehead atoms. The predicted molar refractivity (Wildman–Crippen MR) is 98.8 cm³/mol. The average Bonchev–Trinajstić information content (AvgIpc) is 2.61. The van der Waals surface area contributed by atoms with E-state index in [0.717, 1.165) is 13.1 Å². The molecule has 25 heavy (non-hydrogen) atoms. The summed E-state index contributed by atoms with van der Waals surface area (Å²) in [7, 11) is -0.661. The van der Waals surface area contributed by atoms with Crippen molar-refractivity contribution in [2.75, 3.05) is 33.9 Å². The molecule has 1 unspecified atom stereocenters. The molecule has 2 rings (SSSR count). The van der Waals surface area contributed by atoms with Gasteiger partial charge in [0.2, 0.25) is 10.0 Å². The summed E-state index contributed by atoms with van der Waals surface area (Å²) in [5.41, 5.74) is 0. The molecule has 1 aromatic rings. The predicted octanol–water partition coefficient (Wildman–Crippen LogP) is 2.49. The summed E-state index contributed by atoms with van der Waals surface area (Å²) in [5.74, 6) is 1.22. The van der Waals surface area contributed by atoms with Crippen LogP contribution in [0.15, 0.2) is 23.1 Å². The maximum absolute atomic E-state index is 12.8. The molecule has 0 aromatic heterocycles. The first-order valence-corrected chi connectivity index (χ1v) is 10.3. The van der Waals surface area contributed by atoms with Gasteiger partial charge in [-0.05, 0) is 44.0 Å². The molecular formula is C18H30N2O4S. The lowest BCUT2D eigenvalue weighted by molar-refractivity contribution is 0.130. The van der Waals surface area contributed by atoms with Crippen LogP contribution in [0.1, 0.15) is 33.1 Å². The highest BCUT2D eigenvalue weighted by atomic mass is 32.2. The molecule has 1 N–H and O–H groups in total. The second-order valence-corrected chi connectivity index (χ2v) is 8.51. The van der Waals surface area contributed by atoms with E-state index in [1.165, 1.54) is 39.5 Å². The second kappa shape index (κ2) is 8.87. The fourth-order valence-corrected chi connectivity index (χ4v) is 4.51. The Kier molecular flexibility index (Phi) is 7.10. The number of piperidine rings is 1. The number of likely N-dealkylation sites (tertiary alicyclic amines) is 1. The summed E-state index contributed by atoms with van der Waals surface area (Å²) in [4.78, 5) is 2.54. The number of hydrogen-bond acceptors (Lipinski definition) is 5. The SMILES string of the molecule is COc1ccc(S(=O)(=O)NCC(C(C)C)N2CCCCC2)c(OC)c1. The molecular weight excluding hydrogens is 340 g/mol. The number of rotatable bonds is 8. The van der Waals surface area contributed by atoms with Gasteiger partial charge in [-0.3, -0.25) is 4.90 Å². The quantitative estimate of drug-likeness (QED) is 0.761. The molecule has 0 saturated carbocycles. The highest BCUT2D eigenvalue weighted by molar-refractivity contribution is 7.89. The maximum Gasteiger partial charge on any atom is 0.244 e. The Balaban J connectivity index is 2.14. The number of nitrogens with zero attached hydrogens (tertiary/aromatic N) is 1. The molecule has 1 aliphatic heterocycles. The molecule has 0 radical (unpaired) electrons. The molecule has 7 heteroatoms. The van der Waals surface area contributed by atoms with Crippen LogP contribution in [0.3, 0.4) is 0 Å². The van der Waals surface area contributed by atoms with Gasteiger partial charge in [0, 0.05) is 18.7 Å². The third-order valence-electron chi connectivity index (χ3n) is 4.77. The Bertz CT molecular complexity index is 655. The van der Waals surface area contributed by atoms with E-state index in [4.69, 9.17) is 9.47 Å². The van der Waals surface area contributed by atoms with Crippen LogP contribution >= 0.6 is 0 Å². The van der Waals surface area contributed by atoms with Crippen LogP contribution in [0.25, 0.3) is 0 Å². The number of ether oxygens (including phenoxy) is 2. The molecule has 1 saturated heterocycles. The van der Waals surface area contributed by atoms with Crippen molar-refractivity contribution in [2.45, 2.75) is 44.0 Å². The van der Waals surface area contributed by atoms with Crippen LogP contribution in [-0.4, -0.2) is 53.2 Å². The van der Waals surface area contributed by atoms with Crippen molar-refractivity contribution in [3.63, 3.8) is 0 Å². The normalized spacial score (nSPS) is 17.5. The van der Waals surface area contributed by atoms with Gasteiger partial charge in [-0.2, -0.15) is 0 Å². The van der Waals surface area contributed by atoms with Gasteiger partial charge < -0.3 is 9.47 Å². The fourth-order valence-electron chi connectivity index (χ4n) is 3.31. The third kappa shape index (κ3) is 5.09. The Morgan fingerprint density at radius 2 is 1.80 bits per heavy atom. The minimum atomic E-state index is -3.65. The van der Waals surface area contributed by atoms with Gasteiger partial charge in [0.1, 0.15) is 16.4 Å². The second-order valence-electron chi connectivity index (χ2n) is 6.78. The Hall–Kier alpha value is -1.31. The highest BCUT2D eigenvalue weighted by Crippen LogP contribution is 2.28. The van der Waals surface area contributed by atoms with Crippen LogP contribution in [0.4, 0.5) is 0 Å². The van der Waals surface area contributed by atoms with Crippen molar-refractivity contribution < 1.29 is 17.9 Å². The zero-order valence-electron chi connectivity index (χ0n) is 15.6. The van der Waals surface area contributed by atoms with Crippen LogP contribution in [0, 0.1) is 5.92 Å². The summed E-state index contributed by atoms with van der Waals surface area (Å²) in [6.45, 7) is 6.76. The summed E-state index contributed by atoms with van der Waals surface area (Å²) in [6, 6.07) is 4.92. The lowest BCUT2D eigenvalue weighted by Gasteiger charge is -2.37. The largest absolute Gasteiger partial charge is 0.497 e. The average molecular weight is 371 g/mol. The Morgan fingerprint density at radius 1 is 1.12 bits per heavy atom. The van der Waals surface area contributed by atoms with Gasteiger partial charge in [-0.1, -0.05) is 20.3 Å². The minimum Gasteiger partial charge on any atom is -0.497 e. The molecule has 142 valence electrons. The molecule has 1 aliphatic rings. The number of sulfonamides is 1. The zero-order valence-corrected chi connectivity index (χ0v) is 16.4. The van der Waals surface area contributed by atoms with Crippen LogP contribution < -0.4 is 14.2 Å². The van der Waals surface area contributed by atoms with E-state index < -0.39 is 10.0 Å². The van der Waals surface area contributed by atoms with E-state index in [2.05, 4.69) is 23.5 Å². The van der Waals surface area contributed by atoms with Crippen molar-refractivity contribution in [3.8, 4) is 11.5 Å². The Morgan fingerprint density at radius 3 is 2.36 bits per heavy atom. The standard InChI is InChI=1S/C18H30N2O4S/c1-14(2)16(20-10-6-5-7-11-20)13-19-25(21,22)18-9-8-15(23-3)12-17(18)24-4/h8-9,12,14,16,19H,5-7,10-11,13H2,1-4H3. The third-order valence-corrected chi connectivity index (χ3v) is 6.24. The summed E-state index contributed by atoms with van der Waals surface area (Å²) in [5, 5.41) is 0. The zero-order chi connectivity index (χ0) is 18.4.